The molecule has 1 saturated heterocycles. The summed E-state index contributed by atoms with van der Waals surface area (Å²) in [5.41, 5.74) is 0. The molecule has 2 nitrogen and oxygen atoms in total. The molecule has 0 spiro atoms. The number of rotatable bonds is 5. The molecule has 0 aromatic rings. The lowest BCUT2D eigenvalue weighted by Crippen LogP contribution is -2.58. The van der Waals surface area contributed by atoms with E-state index in [2.05, 4.69) is 37.9 Å². The molecule has 0 saturated carbocycles. The summed E-state index contributed by atoms with van der Waals surface area (Å²) >= 11 is 0. The molecular weight excluding hydrogens is 184 g/mol. The second-order valence-electron chi connectivity index (χ2n) is 4.96. The van der Waals surface area contributed by atoms with Gasteiger partial charge in [-0.1, -0.05) is 34.1 Å². The number of piperazine rings is 1. The first-order valence-electron chi connectivity index (χ1n) is 6.70. The van der Waals surface area contributed by atoms with E-state index in [1.807, 2.05) is 0 Å². The average Bonchev–Trinajstić information content (AvgIpc) is 2.28. The lowest BCUT2D eigenvalue weighted by molar-refractivity contribution is 0.0905. The first-order chi connectivity index (χ1) is 7.22. The molecule has 15 heavy (non-hydrogen) atoms. The third kappa shape index (κ3) is 3.46. The van der Waals surface area contributed by atoms with Gasteiger partial charge in [-0.05, 0) is 25.3 Å². The molecule has 0 radical (unpaired) electrons. The minimum atomic E-state index is 0.719. The highest BCUT2D eigenvalue weighted by Crippen LogP contribution is 2.19. The van der Waals surface area contributed by atoms with E-state index in [0.717, 1.165) is 18.0 Å². The maximum atomic E-state index is 3.68. The van der Waals surface area contributed by atoms with Crippen LogP contribution in [0.2, 0.25) is 0 Å². The zero-order valence-corrected chi connectivity index (χ0v) is 10.9. The summed E-state index contributed by atoms with van der Waals surface area (Å²) in [6, 6.07) is 1.48. The molecule has 1 aliphatic rings. The molecule has 0 aromatic carbocycles. The molecule has 0 aromatic heterocycles. The molecule has 90 valence electrons. The molecule has 0 aliphatic carbocycles. The van der Waals surface area contributed by atoms with Gasteiger partial charge >= 0.3 is 0 Å². The highest BCUT2D eigenvalue weighted by Gasteiger charge is 2.29. The lowest BCUT2D eigenvalue weighted by Gasteiger charge is -2.43. The largest absolute Gasteiger partial charge is 0.311 e. The Hall–Kier alpha value is -0.0800. The fourth-order valence-corrected chi connectivity index (χ4v) is 2.55. The summed E-state index contributed by atoms with van der Waals surface area (Å²) in [4.78, 5) is 2.71. The molecule has 0 bridgehead atoms. The van der Waals surface area contributed by atoms with Crippen molar-refractivity contribution in [2.75, 3.05) is 19.6 Å². The summed E-state index contributed by atoms with van der Waals surface area (Å²) in [5.74, 6) is 0.821. The van der Waals surface area contributed by atoms with Crippen LogP contribution in [0.5, 0.6) is 0 Å². The highest BCUT2D eigenvalue weighted by molar-refractivity contribution is 4.87. The molecule has 0 amide bonds. The molecule has 1 heterocycles. The van der Waals surface area contributed by atoms with Crippen LogP contribution in [0.1, 0.15) is 47.0 Å². The summed E-state index contributed by atoms with van der Waals surface area (Å²) in [7, 11) is 0. The summed E-state index contributed by atoms with van der Waals surface area (Å²) in [5, 5.41) is 3.68. The van der Waals surface area contributed by atoms with Crippen LogP contribution in [-0.2, 0) is 0 Å². The van der Waals surface area contributed by atoms with Crippen LogP contribution in [0.4, 0.5) is 0 Å². The Morgan fingerprint density at radius 3 is 2.60 bits per heavy atom. The molecule has 3 atom stereocenters. The van der Waals surface area contributed by atoms with Gasteiger partial charge in [-0.25, -0.2) is 0 Å². The highest BCUT2D eigenvalue weighted by atomic mass is 15.2. The van der Waals surface area contributed by atoms with Gasteiger partial charge in [0.1, 0.15) is 0 Å². The van der Waals surface area contributed by atoms with Crippen LogP contribution in [0.3, 0.4) is 0 Å². The summed E-state index contributed by atoms with van der Waals surface area (Å²) in [6.07, 6.45) is 3.83. The Morgan fingerprint density at radius 2 is 2.07 bits per heavy atom. The maximum Gasteiger partial charge on any atom is 0.0246 e. The third-order valence-corrected chi connectivity index (χ3v) is 3.84. The van der Waals surface area contributed by atoms with Crippen LogP contribution < -0.4 is 5.32 Å². The summed E-state index contributed by atoms with van der Waals surface area (Å²) in [6.45, 7) is 13.0. The van der Waals surface area contributed by atoms with Crippen molar-refractivity contribution in [3.63, 3.8) is 0 Å². The van der Waals surface area contributed by atoms with Crippen molar-refractivity contribution in [3.8, 4) is 0 Å². The van der Waals surface area contributed by atoms with Gasteiger partial charge in [-0.15, -0.1) is 0 Å². The third-order valence-electron chi connectivity index (χ3n) is 3.84. The second-order valence-corrected chi connectivity index (χ2v) is 4.96. The van der Waals surface area contributed by atoms with Gasteiger partial charge in [0.2, 0.25) is 0 Å². The van der Waals surface area contributed by atoms with Gasteiger partial charge in [0.25, 0.3) is 0 Å². The molecular formula is C13H28N2. The van der Waals surface area contributed by atoms with E-state index in [-0.39, 0.29) is 0 Å². The zero-order valence-electron chi connectivity index (χ0n) is 10.9. The monoisotopic (exact) mass is 212 g/mol. The predicted octanol–water partition coefficient (Wildman–Crippen LogP) is 2.49. The van der Waals surface area contributed by atoms with Gasteiger partial charge in [0, 0.05) is 25.2 Å². The smallest absolute Gasteiger partial charge is 0.0246 e. The van der Waals surface area contributed by atoms with E-state index >= 15 is 0 Å². The number of nitrogens with zero attached hydrogens (tertiary/aromatic N) is 1. The van der Waals surface area contributed by atoms with Gasteiger partial charge in [-0.2, -0.15) is 0 Å². The first-order valence-corrected chi connectivity index (χ1v) is 6.70. The Labute approximate surface area is 95.4 Å². The standard InChI is InChI=1S/C13H28N2/c1-5-8-15-10-12(7-3)14-9-13(15)11(4)6-2/h11-14H,5-10H2,1-4H3. The number of nitrogens with one attached hydrogen (secondary N) is 1. The first kappa shape index (κ1) is 13.0. The van der Waals surface area contributed by atoms with Gasteiger partial charge in [-0.3, -0.25) is 4.90 Å². The normalized spacial score (nSPS) is 30.4. The Balaban J connectivity index is 2.54. The minimum absolute atomic E-state index is 0.719. The van der Waals surface area contributed by atoms with Gasteiger partial charge < -0.3 is 5.32 Å². The fourth-order valence-electron chi connectivity index (χ4n) is 2.55. The Morgan fingerprint density at radius 1 is 1.33 bits per heavy atom. The molecule has 1 rings (SSSR count). The van der Waals surface area contributed by atoms with Crippen molar-refractivity contribution >= 4 is 0 Å². The molecule has 3 unspecified atom stereocenters. The molecule has 1 fully saturated rings. The van der Waals surface area contributed by atoms with E-state index in [1.54, 1.807) is 0 Å². The Kier molecular flexibility index (Phi) is 5.62. The molecule has 1 N–H and O–H groups in total. The van der Waals surface area contributed by atoms with E-state index in [1.165, 1.54) is 38.9 Å². The average molecular weight is 212 g/mol. The van der Waals surface area contributed by atoms with Crippen molar-refractivity contribution < 1.29 is 0 Å². The van der Waals surface area contributed by atoms with E-state index in [0.29, 0.717) is 0 Å². The van der Waals surface area contributed by atoms with Crippen LogP contribution in [0.15, 0.2) is 0 Å². The van der Waals surface area contributed by atoms with Crippen LogP contribution in [0, 0.1) is 5.92 Å². The molecule has 1 aliphatic heterocycles. The number of hydrogen-bond acceptors (Lipinski definition) is 2. The van der Waals surface area contributed by atoms with Crippen LogP contribution >= 0.6 is 0 Å². The van der Waals surface area contributed by atoms with Crippen molar-refractivity contribution in [1.29, 1.82) is 0 Å². The van der Waals surface area contributed by atoms with Crippen molar-refractivity contribution in [3.05, 3.63) is 0 Å². The quantitative estimate of drug-likeness (QED) is 0.753. The van der Waals surface area contributed by atoms with E-state index in [4.69, 9.17) is 0 Å². The van der Waals surface area contributed by atoms with Gasteiger partial charge in [0.05, 0.1) is 0 Å². The van der Waals surface area contributed by atoms with E-state index < -0.39 is 0 Å². The second kappa shape index (κ2) is 6.49. The predicted molar refractivity (Wildman–Crippen MR) is 67.2 cm³/mol. The Bertz CT molecular complexity index is 170. The van der Waals surface area contributed by atoms with Crippen LogP contribution in [0.25, 0.3) is 0 Å². The SMILES string of the molecule is CCCN1CC(CC)NCC1C(C)CC. The van der Waals surface area contributed by atoms with Crippen molar-refractivity contribution in [2.45, 2.75) is 59.0 Å². The topological polar surface area (TPSA) is 15.3 Å². The number of hydrogen-bond donors (Lipinski definition) is 1. The minimum Gasteiger partial charge on any atom is -0.311 e. The lowest BCUT2D eigenvalue weighted by atomic mass is 9.94. The van der Waals surface area contributed by atoms with Crippen molar-refractivity contribution in [1.82, 2.24) is 10.2 Å². The van der Waals surface area contributed by atoms with Crippen molar-refractivity contribution in [2.24, 2.45) is 5.92 Å². The van der Waals surface area contributed by atoms with Crippen LogP contribution in [-0.4, -0.2) is 36.6 Å². The maximum absolute atomic E-state index is 3.68. The zero-order chi connectivity index (χ0) is 11.3. The van der Waals surface area contributed by atoms with Gasteiger partial charge in [0.15, 0.2) is 0 Å². The van der Waals surface area contributed by atoms with E-state index in [9.17, 15) is 0 Å². The molecule has 2 heteroatoms. The summed E-state index contributed by atoms with van der Waals surface area (Å²) < 4.78 is 0. The fraction of sp³-hybridized carbons (Fsp3) is 1.00.